The van der Waals surface area contributed by atoms with Gasteiger partial charge in [0.15, 0.2) is 5.78 Å². The van der Waals surface area contributed by atoms with E-state index in [1.807, 2.05) is 0 Å². The average Bonchev–Trinajstić information content (AvgIpc) is 2.25. The predicted molar refractivity (Wildman–Crippen MR) is 59.3 cm³/mol. The number of nitrogens with zero attached hydrogens (tertiary/aromatic N) is 2. The Morgan fingerprint density at radius 2 is 1.89 bits per heavy atom. The Bertz CT molecular complexity index is 635. The number of alkyl halides is 3. The van der Waals surface area contributed by atoms with Crippen molar-refractivity contribution in [3.05, 3.63) is 35.3 Å². The van der Waals surface area contributed by atoms with Gasteiger partial charge in [0.2, 0.25) is 0 Å². The third-order valence-corrected chi connectivity index (χ3v) is 2.47. The first kappa shape index (κ1) is 12.5. The molecule has 0 aliphatic carbocycles. The van der Waals surface area contributed by atoms with Gasteiger partial charge in [-0.25, -0.2) is 9.97 Å². The van der Waals surface area contributed by atoms with Crippen molar-refractivity contribution in [2.24, 2.45) is 0 Å². The summed E-state index contributed by atoms with van der Waals surface area (Å²) in [5.74, 6) is -0.0303. The fourth-order valence-electron chi connectivity index (χ4n) is 1.69. The molecule has 0 bridgehead atoms. The van der Waals surface area contributed by atoms with Gasteiger partial charge in [0.25, 0.3) is 0 Å². The van der Waals surface area contributed by atoms with Crippen LogP contribution in [0, 0.1) is 6.92 Å². The van der Waals surface area contributed by atoms with Gasteiger partial charge in [-0.15, -0.1) is 0 Å². The Kier molecular flexibility index (Phi) is 2.80. The Labute approximate surface area is 101 Å². The van der Waals surface area contributed by atoms with Gasteiger partial charge in [0, 0.05) is 12.3 Å². The molecule has 0 radical (unpaired) electrons. The van der Waals surface area contributed by atoms with Crippen LogP contribution in [-0.4, -0.2) is 15.8 Å². The summed E-state index contributed by atoms with van der Waals surface area (Å²) in [4.78, 5) is 19.3. The predicted octanol–water partition coefficient (Wildman–Crippen LogP) is 3.16. The topological polar surface area (TPSA) is 42.9 Å². The summed E-state index contributed by atoms with van der Waals surface area (Å²) in [5, 5.41) is 0.334. The summed E-state index contributed by atoms with van der Waals surface area (Å²) in [5.41, 5.74) is -0.517. The van der Waals surface area contributed by atoms with Crippen molar-refractivity contribution in [2.45, 2.75) is 20.0 Å². The second kappa shape index (κ2) is 4.04. The van der Waals surface area contributed by atoms with Crippen LogP contribution in [0.1, 0.15) is 28.8 Å². The van der Waals surface area contributed by atoms with Crippen LogP contribution < -0.4 is 0 Å². The molecule has 1 aromatic heterocycles. The SMILES string of the molecule is CC(=O)c1nc(C)nc2cc(C(F)(F)F)ccc12. The van der Waals surface area contributed by atoms with E-state index in [1.54, 1.807) is 0 Å². The standard InChI is InChI=1S/C12H9F3N2O/c1-6(18)11-9-4-3-8(12(13,14)15)5-10(9)16-7(2)17-11/h3-5H,1-2H3. The molecule has 0 amide bonds. The minimum atomic E-state index is -4.43. The van der Waals surface area contributed by atoms with Crippen molar-refractivity contribution in [3.63, 3.8) is 0 Å². The van der Waals surface area contributed by atoms with Gasteiger partial charge in [-0.05, 0) is 25.1 Å². The van der Waals surface area contributed by atoms with Crippen molar-refractivity contribution in [1.82, 2.24) is 9.97 Å². The largest absolute Gasteiger partial charge is 0.416 e. The molecule has 0 unspecified atom stereocenters. The maximum Gasteiger partial charge on any atom is 0.416 e. The second-order valence-electron chi connectivity index (χ2n) is 3.91. The number of hydrogen-bond acceptors (Lipinski definition) is 3. The zero-order chi connectivity index (χ0) is 13.5. The van der Waals surface area contributed by atoms with Gasteiger partial charge in [-0.1, -0.05) is 0 Å². The van der Waals surface area contributed by atoms with Crippen LogP contribution in [0.25, 0.3) is 10.9 Å². The minimum absolute atomic E-state index is 0.127. The van der Waals surface area contributed by atoms with Gasteiger partial charge in [-0.3, -0.25) is 4.79 Å². The lowest BCUT2D eigenvalue weighted by molar-refractivity contribution is -0.137. The molecule has 6 heteroatoms. The van der Waals surface area contributed by atoms with Gasteiger partial charge >= 0.3 is 6.18 Å². The number of carbonyl (C=O) groups is 1. The number of aromatic nitrogens is 2. The second-order valence-corrected chi connectivity index (χ2v) is 3.91. The van der Waals surface area contributed by atoms with Crippen LogP contribution in [0.4, 0.5) is 13.2 Å². The zero-order valence-electron chi connectivity index (χ0n) is 9.67. The molecule has 0 fully saturated rings. The van der Waals surface area contributed by atoms with Crippen LogP contribution in [0.5, 0.6) is 0 Å². The van der Waals surface area contributed by atoms with E-state index in [0.29, 0.717) is 5.39 Å². The maximum absolute atomic E-state index is 12.6. The number of aryl methyl sites for hydroxylation is 1. The zero-order valence-corrected chi connectivity index (χ0v) is 9.67. The molecule has 3 nitrogen and oxygen atoms in total. The number of ketones is 1. The van der Waals surface area contributed by atoms with E-state index in [1.165, 1.54) is 19.9 Å². The van der Waals surface area contributed by atoms with E-state index in [2.05, 4.69) is 9.97 Å². The molecule has 94 valence electrons. The third-order valence-electron chi connectivity index (χ3n) is 2.47. The first-order valence-electron chi connectivity index (χ1n) is 5.15. The van der Waals surface area contributed by atoms with Crippen molar-refractivity contribution < 1.29 is 18.0 Å². The Hall–Kier alpha value is -1.98. The van der Waals surface area contributed by atoms with Crippen molar-refractivity contribution in [3.8, 4) is 0 Å². The molecular formula is C12H9F3N2O. The fraction of sp³-hybridized carbons (Fsp3) is 0.250. The average molecular weight is 254 g/mol. The molecule has 0 saturated carbocycles. The fourth-order valence-corrected chi connectivity index (χ4v) is 1.69. The highest BCUT2D eigenvalue weighted by molar-refractivity contribution is 6.04. The van der Waals surface area contributed by atoms with Crippen LogP contribution in [0.15, 0.2) is 18.2 Å². The van der Waals surface area contributed by atoms with Gasteiger partial charge < -0.3 is 0 Å². The quantitative estimate of drug-likeness (QED) is 0.734. The summed E-state index contributed by atoms with van der Waals surface area (Å²) in [7, 11) is 0. The van der Waals surface area contributed by atoms with Crippen LogP contribution in [-0.2, 0) is 6.18 Å². The van der Waals surface area contributed by atoms with Gasteiger partial charge in [0.05, 0.1) is 11.1 Å². The number of hydrogen-bond donors (Lipinski definition) is 0. The van der Waals surface area contributed by atoms with E-state index in [0.717, 1.165) is 12.1 Å². The summed E-state index contributed by atoms with van der Waals surface area (Å²) in [6, 6.07) is 3.08. The van der Waals surface area contributed by atoms with E-state index in [-0.39, 0.29) is 22.8 Å². The van der Waals surface area contributed by atoms with Crippen molar-refractivity contribution in [2.75, 3.05) is 0 Å². The smallest absolute Gasteiger partial charge is 0.293 e. The molecule has 0 aliphatic rings. The minimum Gasteiger partial charge on any atom is -0.293 e. The van der Waals surface area contributed by atoms with Crippen molar-refractivity contribution in [1.29, 1.82) is 0 Å². The number of rotatable bonds is 1. The summed E-state index contributed by atoms with van der Waals surface area (Å²) >= 11 is 0. The van der Waals surface area contributed by atoms with E-state index >= 15 is 0 Å². The molecule has 0 N–H and O–H groups in total. The Morgan fingerprint density at radius 3 is 2.44 bits per heavy atom. The lowest BCUT2D eigenvalue weighted by Crippen LogP contribution is -2.07. The van der Waals surface area contributed by atoms with E-state index in [9.17, 15) is 18.0 Å². The molecule has 0 saturated heterocycles. The highest BCUT2D eigenvalue weighted by Crippen LogP contribution is 2.31. The highest BCUT2D eigenvalue weighted by Gasteiger charge is 2.30. The number of Topliss-reactive ketones (excluding diaryl/α,β-unsaturated/α-hetero) is 1. The first-order valence-corrected chi connectivity index (χ1v) is 5.15. The van der Waals surface area contributed by atoms with Crippen LogP contribution in [0.2, 0.25) is 0 Å². The van der Waals surface area contributed by atoms with E-state index in [4.69, 9.17) is 0 Å². The summed E-state index contributed by atoms with van der Waals surface area (Å²) < 4.78 is 37.7. The molecule has 18 heavy (non-hydrogen) atoms. The van der Waals surface area contributed by atoms with Gasteiger partial charge in [-0.2, -0.15) is 13.2 Å². The Morgan fingerprint density at radius 1 is 1.22 bits per heavy atom. The third kappa shape index (κ3) is 2.18. The monoisotopic (exact) mass is 254 g/mol. The van der Waals surface area contributed by atoms with Gasteiger partial charge in [0.1, 0.15) is 11.5 Å². The maximum atomic E-state index is 12.6. The number of halogens is 3. The van der Waals surface area contributed by atoms with Crippen molar-refractivity contribution >= 4 is 16.7 Å². The van der Waals surface area contributed by atoms with E-state index < -0.39 is 11.7 Å². The van der Waals surface area contributed by atoms with Crippen LogP contribution >= 0.6 is 0 Å². The molecular weight excluding hydrogens is 245 g/mol. The first-order chi connectivity index (χ1) is 8.29. The molecule has 2 aromatic rings. The molecule has 0 atom stereocenters. The Balaban J connectivity index is 2.76. The molecule has 0 aliphatic heterocycles. The molecule has 2 rings (SSSR count). The molecule has 0 spiro atoms. The molecule has 1 heterocycles. The molecule has 1 aromatic carbocycles. The lowest BCUT2D eigenvalue weighted by atomic mass is 10.1. The normalized spacial score (nSPS) is 11.8. The lowest BCUT2D eigenvalue weighted by Gasteiger charge is -2.09. The highest BCUT2D eigenvalue weighted by atomic mass is 19.4. The number of benzene rings is 1. The number of fused-ring (bicyclic) bond motifs is 1. The summed E-state index contributed by atoms with van der Waals surface area (Å²) in [6.07, 6.45) is -4.43. The number of carbonyl (C=O) groups excluding carboxylic acids is 1. The summed E-state index contributed by atoms with van der Waals surface area (Å²) in [6.45, 7) is 2.85. The van der Waals surface area contributed by atoms with Crippen LogP contribution in [0.3, 0.4) is 0 Å².